The highest BCUT2D eigenvalue weighted by Gasteiger charge is 2.04. The normalized spacial score (nSPS) is 9.80. The zero-order valence-corrected chi connectivity index (χ0v) is 9.67. The van der Waals surface area contributed by atoms with Crippen LogP contribution in [0.1, 0.15) is 20.8 Å². The fourth-order valence-corrected chi connectivity index (χ4v) is 1.38. The molecule has 0 heterocycles. The SMILES string of the molecule is CCNc1cc(OCC)ccc1OCC. The summed E-state index contributed by atoms with van der Waals surface area (Å²) in [6, 6.07) is 5.83. The van der Waals surface area contributed by atoms with Crippen molar-refractivity contribution in [2.75, 3.05) is 25.1 Å². The number of anilines is 1. The lowest BCUT2D eigenvalue weighted by atomic mass is 10.2. The lowest BCUT2D eigenvalue weighted by Crippen LogP contribution is -2.02. The van der Waals surface area contributed by atoms with E-state index in [0.29, 0.717) is 13.2 Å². The summed E-state index contributed by atoms with van der Waals surface area (Å²) in [5, 5.41) is 3.25. The van der Waals surface area contributed by atoms with Crippen LogP contribution in [-0.2, 0) is 0 Å². The summed E-state index contributed by atoms with van der Waals surface area (Å²) in [5.41, 5.74) is 0.991. The van der Waals surface area contributed by atoms with Gasteiger partial charge in [-0.05, 0) is 32.9 Å². The highest BCUT2D eigenvalue weighted by Crippen LogP contribution is 2.29. The van der Waals surface area contributed by atoms with Crippen LogP contribution in [0.3, 0.4) is 0 Å². The van der Waals surface area contributed by atoms with E-state index in [9.17, 15) is 0 Å². The minimum atomic E-state index is 0.673. The summed E-state index contributed by atoms with van der Waals surface area (Å²) in [4.78, 5) is 0. The predicted molar refractivity (Wildman–Crippen MR) is 62.9 cm³/mol. The standard InChI is InChI=1S/C12H19NO2/c1-4-13-11-9-10(14-5-2)7-8-12(11)15-6-3/h7-9,13H,4-6H2,1-3H3. The van der Waals surface area contributed by atoms with Gasteiger partial charge in [-0.15, -0.1) is 0 Å². The van der Waals surface area contributed by atoms with Crippen molar-refractivity contribution in [3.8, 4) is 11.5 Å². The summed E-state index contributed by atoms with van der Waals surface area (Å²) in [7, 11) is 0. The van der Waals surface area contributed by atoms with Crippen LogP contribution in [-0.4, -0.2) is 19.8 Å². The van der Waals surface area contributed by atoms with Gasteiger partial charge in [0.05, 0.1) is 18.9 Å². The number of hydrogen-bond donors (Lipinski definition) is 1. The monoisotopic (exact) mass is 209 g/mol. The summed E-state index contributed by atoms with van der Waals surface area (Å²) in [6.45, 7) is 8.24. The van der Waals surface area contributed by atoms with Crippen LogP contribution in [0.2, 0.25) is 0 Å². The van der Waals surface area contributed by atoms with Gasteiger partial charge in [0.2, 0.25) is 0 Å². The highest BCUT2D eigenvalue weighted by molar-refractivity contribution is 5.59. The molecule has 0 bridgehead atoms. The molecule has 0 saturated heterocycles. The molecule has 3 nitrogen and oxygen atoms in total. The van der Waals surface area contributed by atoms with Crippen molar-refractivity contribution in [2.45, 2.75) is 20.8 Å². The molecule has 0 amide bonds. The molecule has 0 aliphatic rings. The van der Waals surface area contributed by atoms with Gasteiger partial charge in [-0.3, -0.25) is 0 Å². The Hall–Kier alpha value is -1.38. The first-order chi connectivity index (χ1) is 7.31. The molecule has 0 radical (unpaired) electrons. The van der Waals surface area contributed by atoms with Gasteiger partial charge in [-0.25, -0.2) is 0 Å². The van der Waals surface area contributed by atoms with Crippen LogP contribution in [0, 0.1) is 0 Å². The van der Waals surface area contributed by atoms with Gasteiger partial charge in [0, 0.05) is 12.6 Å². The maximum Gasteiger partial charge on any atom is 0.142 e. The molecule has 0 saturated carbocycles. The van der Waals surface area contributed by atoms with E-state index in [1.807, 2.05) is 32.0 Å². The lowest BCUT2D eigenvalue weighted by molar-refractivity contribution is 0.332. The van der Waals surface area contributed by atoms with Crippen LogP contribution in [0.4, 0.5) is 5.69 Å². The average Bonchev–Trinajstić information content (AvgIpc) is 2.23. The van der Waals surface area contributed by atoms with Crippen LogP contribution in [0.15, 0.2) is 18.2 Å². The molecule has 0 fully saturated rings. The smallest absolute Gasteiger partial charge is 0.142 e. The van der Waals surface area contributed by atoms with Gasteiger partial charge in [0.15, 0.2) is 0 Å². The zero-order chi connectivity index (χ0) is 11.1. The number of benzene rings is 1. The van der Waals surface area contributed by atoms with E-state index >= 15 is 0 Å². The minimum Gasteiger partial charge on any atom is -0.494 e. The number of ether oxygens (including phenoxy) is 2. The van der Waals surface area contributed by atoms with Crippen molar-refractivity contribution in [1.82, 2.24) is 0 Å². The molecule has 0 aromatic heterocycles. The second-order valence-corrected chi connectivity index (χ2v) is 3.05. The van der Waals surface area contributed by atoms with Crippen LogP contribution < -0.4 is 14.8 Å². The third-order valence-electron chi connectivity index (χ3n) is 1.93. The predicted octanol–water partition coefficient (Wildman–Crippen LogP) is 2.92. The number of nitrogens with one attached hydrogen (secondary N) is 1. The highest BCUT2D eigenvalue weighted by atomic mass is 16.5. The van der Waals surface area contributed by atoms with Gasteiger partial charge < -0.3 is 14.8 Å². The van der Waals surface area contributed by atoms with Crippen LogP contribution in [0.25, 0.3) is 0 Å². The molecule has 1 rings (SSSR count). The molecule has 1 aromatic carbocycles. The Balaban J connectivity index is 2.87. The number of rotatable bonds is 6. The molecule has 0 spiro atoms. The van der Waals surface area contributed by atoms with Gasteiger partial charge >= 0.3 is 0 Å². The van der Waals surface area contributed by atoms with E-state index in [-0.39, 0.29) is 0 Å². The molecule has 0 unspecified atom stereocenters. The van der Waals surface area contributed by atoms with Gasteiger partial charge in [0.25, 0.3) is 0 Å². The van der Waals surface area contributed by atoms with Crippen LogP contribution >= 0.6 is 0 Å². The summed E-state index contributed by atoms with van der Waals surface area (Å²) in [5.74, 6) is 1.75. The summed E-state index contributed by atoms with van der Waals surface area (Å²) >= 11 is 0. The minimum absolute atomic E-state index is 0.673. The quantitative estimate of drug-likeness (QED) is 0.781. The Labute approximate surface area is 91.4 Å². The van der Waals surface area contributed by atoms with E-state index in [0.717, 1.165) is 23.7 Å². The molecule has 84 valence electrons. The largest absolute Gasteiger partial charge is 0.494 e. The molecule has 15 heavy (non-hydrogen) atoms. The van der Waals surface area contributed by atoms with Gasteiger partial charge in [-0.2, -0.15) is 0 Å². The Bertz CT molecular complexity index is 300. The molecule has 0 atom stereocenters. The van der Waals surface area contributed by atoms with Gasteiger partial charge in [-0.1, -0.05) is 0 Å². The average molecular weight is 209 g/mol. The molecule has 1 aromatic rings. The first kappa shape index (κ1) is 11.7. The molecular weight excluding hydrogens is 190 g/mol. The van der Waals surface area contributed by atoms with Crippen molar-refractivity contribution in [3.05, 3.63) is 18.2 Å². The Morgan fingerprint density at radius 2 is 1.80 bits per heavy atom. The van der Waals surface area contributed by atoms with Crippen molar-refractivity contribution in [1.29, 1.82) is 0 Å². The first-order valence-electron chi connectivity index (χ1n) is 5.45. The number of hydrogen-bond acceptors (Lipinski definition) is 3. The van der Waals surface area contributed by atoms with Crippen molar-refractivity contribution in [3.63, 3.8) is 0 Å². The second kappa shape index (κ2) is 6.17. The Morgan fingerprint density at radius 1 is 1.07 bits per heavy atom. The van der Waals surface area contributed by atoms with E-state index in [1.165, 1.54) is 0 Å². The third kappa shape index (κ3) is 3.35. The van der Waals surface area contributed by atoms with E-state index in [2.05, 4.69) is 12.2 Å². The molecule has 0 aliphatic carbocycles. The second-order valence-electron chi connectivity index (χ2n) is 3.05. The fraction of sp³-hybridized carbons (Fsp3) is 0.500. The summed E-state index contributed by atoms with van der Waals surface area (Å²) < 4.78 is 10.9. The van der Waals surface area contributed by atoms with E-state index < -0.39 is 0 Å². The molecule has 0 aliphatic heterocycles. The van der Waals surface area contributed by atoms with E-state index in [4.69, 9.17) is 9.47 Å². The Kier molecular flexibility index (Phi) is 4.81. The fourth-order valence-electron chi connectivity index (χ4n) is 1.38. The topological polar surface area (TPSA) is 30.5 Å². The maximum atomic E-state index is 5.50. The third-order valence-corrected chi connectivity index (χ3v) is 1.93. The van der Waals surface area contributed by atoms with Crippen molar-refractivity contribution < 1.29 is 9.47 Å². The summed E-state index contributed by atoms with van der Waals surface area (Å²) in [6.07, 6.45) is 0. The van der Waals surface area contributed by atoms with Crippen LogP contribution in [0.5, 0.6) is 11.5 Å². The van der Waals surface area contributed by atoms with E-state index in [1.54, 1.807) is 0 Å². The van der Waals surface area contributed by atoms with Gasteiger partial charge in [0.1, 0.15) is 11.5 Å². The Morgan fingerprint density at radius 3 is 2.40 bits per heavy atom. The molecule has 3 heteroatoms. The van der Waals surface area contributed by atoms with Crippen molar-refractivity contribution in [2.24, 2.45) is 0 Å². The molecular formula is C12H19NO2. The van der Waals surface area contributed by atoms with Crippen molar-refractivity contribution >= 4 is 5.69 Å². The maximum absolute atomic E-state index is 5.50. The first-order valence-corrected chi connectivity index (χ1v) is 5.45. The molecule has 1 N–H and O–H groups in total. The lowest BCUT2D eigenvalue weighted by Gasteiger charge is -2.13. The zero-order valence-electron chi connectivity index (χ0n) is 9.67.